The summed E-state index contributed by atoms with van der Waals surface area (Å²) in [5, 5.41) is 0. The standard InChI is InChI=1S/C2H5O.2C2H5.Pb/c1-2-3;2*1-2;/h2H2,1H3;2*1H2,2H3;/q-1;;;+1. The first kappa shape index (κ1) is 8.88. The van der Waals surface area contributed by atoms with Crippen LogP contribution in [0.15, 0.2) is 0 Å². The molecular weight excluding hydrogens is 295 g/mol. The summed E-state index contributed by atoms with van der Waals surface area (Å²) in [6.45, 7) is 7.54. The summed E-state index contributed by atoms with van der Waals surface area (Å²) in [6, 6.07) is 0. The van der Waals surface area contributed by atoms with Gasteiger partial charge in [0.05, 0.1) is 0 Å². The van der Waals surface area contributed by atoms with Crippen LogP contribution >= 0.6 is 0 Å². The molecular formula is C6H15OPb. The zero-order valence-electron chi connectivity index (χ0n) is 6.03. The molecule has 0 amide bonds. The monoisotopic (exact) mass is 311 g/mol. The average molecular weight is 310 g/mol. The fourth-order valence-corrected chi connectivity index (χ4v) is 5.78. The van der Waals surface area contributed by atoms with Crippen molar-refractivity contribution in [2.75, 3.05) is 6.61 Å². The van der Waals surface area contributed by atoms with Crippen LogP contribution in [-0.2, 0) is 2.69 Å². The van der Waals surface area contributed by atoms with Gasteiger partial charge in [-0.15, -0.1) is 0 Å². The Hall–Kier alpha value is 0.882. The molecule has 2 heteroatoms. The fourth-order valence-electron chi connectivity index (χ4n) is 0.658. The van der Waals surface area contributed by atoms with Crippen molar-refractivity contribution in [2.45, 2.75) is 28.7 Å². The van der Waals surface area contributed by atoms with Crippen LogP contribution in [0.5, 0.6) is 0 Å². The zero-order chi connectivity index (χ0) is 6.41. The van der Waals surface area contributed by atoms with Gasteiger partial charge in [0.2, 0.25) is 0 Å². The summed E-state index contributed by atoms with van der Waals surface area (Å²) in [4.78, 5) is 0. The molecule has 1 radical (unpaired) electrons. The van der Waals surface area contributed by atoms with Gasteiger partial charge in [-0.25, -0.2) is 0 Å². The molecule has 1 nitrogen and oxygen atoms in total. The third-order valence-corrected chi connectivity index (χ3v) is 9.98. The first-order valence-electron chi connectivity index (χ1n) is 3.32. The number of hydrogen-bond acceptors (Lipinski definition) is 1. The Morgan fingerprint density at radius 1 is 1.12 bits per heavy atom. The molecule has 0 saturated heterocycles. The predicted molar refractivity (Wildman–Crippen MR) is 38.3 cm³/mol. The molecule has 0 N–H and O–H groups in total. The van der Waals surface area contributed by atoms with Crippen LogP contribution in [0.2, 0.25) is 7.96 Å². The summed E-state index contributed by atoms with van der Waals surface area (Å²) in [5.74, 6) is 0. The van der Waals surface area contributed by atoms with E-state index in [0.717, 1.165) is 6.61 Å². The quantitative estimate of drug-likeness (QED) is 0.722. The van der Waals surface area contributed by atoms with Crippen LogP contribution in [0.25, 0.3) is 0 Å². The van der Waals surface area contributed by atoms with E-state index >= 15 is 0 Å². The topological polar surface area (TPSA) is 9.23 Å². The average Bonchev–Trinajstić information content (AvgIpc) is 1.83. The van der Waals surface area contributed by atoms with Crippen LogP contribution in [0.3, 0.4) is 0 Å². The molecule has 0 fully saturated rings. The van der Waals surface area contributed by atoms with Crippen molar-refractivity contribution in [1.82, 2.24) is 0 Å². The second-order valence-corrected chi connectivity index (χ2v) is 12.5. The Bertz CT molecular complexity index is 43.8. The van der Waals surface area contributed by atoms with Crippen LogP contribution < -0.4 is 0 Å². The third kappa shape index (κ3) is 3.83. The Morgan fingerprint density at radius 2 is 1.62 bits per heavy atom. The van der Waals surface area contributed by atoms with Crippen molar-refractivity contribution in [3.8, 4) is 0 Å². The molecule has 0 rings (SSSR count). The van der Waals surface area contributed by atoms with Gasteiger partial charge in [0.1, 0.15) is 0 Å². The molecule has 8 heavy (non-hydrogen) atoms. The van der Waals surface area contributed by atoms with E-state index in [1.165, 1.54) is 7.96 Å². The summed E-state index contributed by atoms with van der Waals surface area (Å²) in [5.41, 5.74) is 0. The predicted octanol–water partition coefficient (Wildman–Crippen LogP) is 2.05. The van der Waals surface area contributed by atoms with E-state index in [1.807, 2.05) is 0 Å². The van der Waals surface area contributed by atoms with E-state index in [9.17, 15) is 0 Å². The minimum absolute atomic E-state index is 0.948. The molecule has 49 valence electrons. The van der Waals surface area contributed by atoms with Crippen molar-refractivity contribution in [1.29, 1.82) is 0 Å². The molecule has 0 aliphatic carbocycles. The summed E-state index contributed by atoms with van der Waals surface area (Å²) in [6.07, 6.45) is 0. The zero-order valence-corrected chi connectivity index (χ0v) is 9.92. The molecule has 0 aromatic rings. The van der Waals surface area contributed by atoms with Crippen molar-refractivity contribution in [2.24, 2.45) is 0 Å². The van der Waals surface area contributed by atoms with Gasteiger partial charge in [-0.05, 0) is 0 Å². The fraction of sp³-hybridized carbons (Fsp3) is 1.00. The van der Waals surface area contributed by atoms with Gasteiger partial charge in [0.15, 0.2) is 0 Å². The number of hydrogen-bond donors (Lipinski definition) is 0. The summed E-state index contributed by atoms with van der Waals surface area (Å²) >= 11 is -1.33. The third-order valence-electron chi connectivity index (χ3n) is 1.14. The van der Waals surface area contributed by atoms with E-state index in [0.29, 0.717) is 0 Å². The maximum absolute atomic E-state index is 5.55. The molecule has 0 saturated carbocycles. The van der Waals surface area contributed by atoms with Gasteiger partial charge in [0.25, 0.3) is 0 Å². The van der Waals surface area contributed by atoms with Gasteiger partial charge in [-0.3, -0.25) is 0 Å². The van der Waals surface area contributed by atoms with Gasteiger partial charge in [0, 0.05) is 0 Å². The minimum atomic E-state index is -1.33. The SMILES string of the molecule is CC[O][Pb]([CH2]C)[CH2]C. The molecule has 0 heterocycles. The van der Waals surface area contributed by atoms with E-state index in [-0.39, 0.29) is 0 Å². The van der Waals surface area contributed by atoms with Gasteiger partial charge >= 0.3 is 61.2 Å². The molecule has 0 spiro atoms. The van der Waals surface area contributed by atoms with Crippen molar-refractivity contribution in [3.63, 3.8) is 0 Å². The van der Waals surface area contributed by atoms with Gasteiger partial charge < -0.3 is 0 Å². The molecule has 0 aromatic carbocycles. The molecule has 0 aromatic heterocycles. The second-order valence-electron chi connectivity index (χ2n) is 1.68. The first-order chi connectivity index (χ1) is 3.85. The van der Waals surface area contributed by atoms with Crippen LogP contribution in [-0.4, -0.2) is 29.8 Å². The first-order valence-corrected chi connectivity index (χ1v) is 10.4. The number of rotatable bonds is 4. The maximum atomic E-state index is 5.55. The van der Waals surface area contributed by atoms with Crippen molar-refractivity contribution < 1.29 is 2.69 Å². The molecule has 0 bridgehead atoms. The normalized spacial score (nSPS) is 10.5. The Kier molecular flexibility index (Phi) is 6.67. The van der Waals surface area contributed by atoms with Crippen LogP contribution in [0.4, 0.5) is 0 Å². The van der Waals surface area contributed by atoms with Gasteiger partial charge in [-0.1, -0.05) is 0 Å². The van der Waals surface area contributed by atoms with Gasteiger partial charge in [-0.2, -0.15) is 0 Å². The second kappa shape index (κ2) is 6.01. The Labute approximate surface area is 61.2 Å². The summed E-state index contributed by atoms with van der Waals surface area (Å²) < 4.78 is 8.27. The molecule has 0 atom stereocenters. The van der Waals surface area contributed by atoms with E-state index in [1.54, 1.807) is 0 Å². The van der Waals surface area contributed by atoms with E-state index < -0.39 is 23.2 Å². The summed E-state index contributed by atoms with van der Waals surface area (Å²) in [7, 11) is 0. The van der Waals surface area contributed by atoms with E-state index in [2.05, 4.69) is 20.8 Å². The van der Waals surface area contributed by atoms with Crippen LogP contribution in [0.1, 0.15) is 20.8 Å². The van der Waals surface area contributed by atoms with Crippen LogP contribution in [0, 0.1) is 0 Å². The molecule has 0 aliphatic rings. The molecule has 0 unspecified atom stereocenters. The molecule has 0 aliphatic heterocycles. The van der Waals surface area contributed by atoms with Crippen molar-refractivity contribution in [3.05, 3.63) is 0 Å². The Balaban J connectivity index is 3.07. The van der Waals surface area contributed by atoms with E-state index in [4.69, 9.17) is 2.69 Å². The van der Waals surface area contributed by atoms with Crippen molar-refractivity contribution >= 4 is 23.2 Å². The Morgan fingerprint density at radius 3 is 1.75 bits per heavy atom.